The molecule has 0 bridgehead atoms. The highest BCUT2D eigenvalue weighted by molar-refractivity contribution is 6.12. The number of anilines is 2. The molecule has 4 atom stereocenters. The van der Waals surface area contributed by atoms with Crippen molar-refractivity contribution in [3.8, 4) is 0 Å². The summed E-state index contributed by atoms with van der Waals surface area (Å²) in [5.41, 5.74) is 1.05. The molecule has 0 spiro atoms. The molecule has 1 heterocycles. The molecular formula is C23H34N4O5. The van der Waals surface area contributed by atoms with Crippen LogP contribution in [0.3, 0.4) is 0 Å². The first-order chi connectivity index (χ1) is 15.0. The van der Waals surface area contributed by atoms with Gasteiger partial charge in [-0.25, -0.2) is 9.59 Å². The van der Waals surface area contributed by atoms with Crippen molar-refractivity contribution in [1.29, 1.82) is 0 Å². The van der Waals surface area contributed by atoms with Gasteiger partial charge in [0, 0.05) is 0 Å². The van der Waals surface area contributed by atoms with E-state index in [1.165, 1.54) is 4.90 Å². The maximum atomic E-state index is 13.4. The minimum absolute atomic E-state index is 0.178. The van der Waals surface area contributed by atoms with Crippen LogP contribution in [0, 0.1) is 17.8 Å². The number of rotatable bonds is 8. The molecule has 1 aliphatic rings. The zero-order valence-corrected chi connectivity index (χ0v) is 19.5. The van der Waals surface area contributed by atoms with Gasteiger partial charge >= 0.3 is 12.0 Å². The largest absolute Gasteiger partial charge is 0.480 e. The van der Waals surface area contributed by atoms with Gasteiger partial charge in [0.15, 0.2) is 0 Å². The number of nitrogens with one attached hydrogen (secondary N) is 3. The Kier molecular flexibility index (Phi) is 8.24. The minimum atomic E-state index is -1.12. The van der Waals surface area contributed by atoms with Gasteiger partial charge in [-0.1, -0.05) is 60.1 Å². The van der Waals surface area contributed by atoms with Crippen molar-refractivity contribution in [2.24, 2.45) is 17.8 Å². The van der Waals surface area contributed by atoms with E-state index >= 15 is 0 Å². The summed E-state index contributed by atoms with van der Waals surface area (Å²) in [4.78, 5) is 52.1. The van der Waals surface area contributed by atoms with Crippen molar-refractivity contribution in [3.63, 3.8) is 0 Å². The topological polar surface area (TPSA) is 128 Å². The Hall–Kier alpha value is -3.10. The lowest BCUT2D eigenvalue weighted by Gasteiger charge is -2.39. The number of carboxylic acids is 1. The van der Waals surface area contributed by atoms with Gasteiger partial charge in [0.05, 0.1) is 11.4 Å². The zero-order valence-electron chi connectivity index (χ0n) is 19.5. The van der Waals surface area contributed by atoms with Crippen molar-refractivity contribution in [1.82, 2.24) is 10.6 Å². The fourth-order valence-electron chi connectivity index (χ4n) is 3.76. The van der Waals surface area contributed by atoms with Gasteiger partial charge in [-0.15, -0.1) is 0 Å². The molecule has 2 rings (SSSR count). The van der Waals surface area contributed by atoms with E-state index in [4.69, 9.17) is 0 Å². The van der Waals surface area contributed by atoms with Crippen LogP contribution >= 0.6 is 0 Å². The van der Waals surface area contributed by atoms with Crippen LogP contribution in [-0.4, -0.2) is 47.0 Å². The molecule has 1 aliphatic heterocycles. The van der Waals surface area contributed by atoms with E-state index in [2.05, 4.69) is 16.0 Å². The second kappa shape index (κ2) is 10.5. The van der Waals surface area contributed by atoms with E-state index in [9.17, 15) is 24.3 Å². The molecule has 32 heavy (non-hydrogen) atoms. The van der Waals surface area contributed by atoms with Gasteiger partial charge in [-0.05, 0) is 29.9 Å². The van der Waals surface area contributed by atoms with Crippen molar-refractivity contribution >= 4 is 35.2 Å². The van der Waals surface area contributed by atoms with Gasteiger partial charge in [0.25, 0.3) is 0 Å². The highest BCUT2D eigenvalue weighted by Gasteiger charge is 2.40. The number of nitrogens with zero attached hydrogens (tertiary/aromatic N) is 1. The molecular weight excluding hydrogens is 412 g/mol. The van der Waals surface area contributed by atoms with E-state index in [1.54, 1.807) is 45.0 Å². The van der Waals surface area contributed by atoms with E-state index in [1.807, 2.05) is 20.8 Å². The second-order valence-corrected chi connectivity index (χ2v) is 8.95. The monoisotopic (exact) mass is 446 g/mol. The highest BCUT2D eigenvalue weighted by Crippen LogP contribution is 2.34. The average Bonchev–Trinajstić information content (AvgIpc) is 2.73. The van der Waals surface area contributed by atoms with Crippen LogP contribution in [0.1, 0.15) is 48.0 Å². The first kappa shape index (κ1) is 25.2. The van der Waals surface area contributed by atoms with Gasteiger partial charge in [-0.3, -0.25) is 14.5 Å². The van der Waals surface area contributed by atoms with Gasteiger partial charge < -0.3 is 21.1 Å². The normalized spacial score (nSPS) is 18.4. The lowest BCUT2D eigenvalue weighted by atomic mass is 9.96. The molecule has 4 amide bonds. The molecule has 4 N–H and O–H groups in total. The van der Waals surface area contributed by atoms with E-state index in [0.29, 0.717) is 17.8 Å². The number of carboxylic acid groups (broad SMARTS) is 1. The summed E-state index contributed by atoms with van der Waals surface area (Å²) in [6, 6.07) is 3.59. The number of benzene rings is 1. The number of amides is 4. The number of hydrogen-bond acceptors (Lipinski definition) is 4. The lowest BCUT2D eigenvalue weighted by Crippen LogP contribution is -2.61. The predicted octanol–water partition coefficient (Wildman–Crippen LogP) is 2.82. The van der Waals surface area contributed by atoms with E-state index in [-0.39, 0.29) is 23.7 Å². The molecule has 0 saturated carbocycles. The van der Waals surface area contributed by atoms with Crippen molar-refractivity contribution in [3.05, 3.63) is 24.3 Å². The number of fused-ring (bicyclic) bond motifs is 1. The van der Waals surface area contributed by atoms with Crippen molar-refractivity contribution in [2.45, 2.75) is 66.1 Å². The summed E-state index contributed by atoms with van der Waals surface area (Å²) in [5, 5.41) is 17.6. The smallest absolute Gasteiger partial charge is 0.326 e. The maximum Gasteiger partial charge on any atom is 0.326 e. The molecule has 176 valence electrons. The van der Waals surface area contributed by atoms with Gasteiger partial charge in [0.2, 0.25) is 11.8 Å². The number of hydrogen-bond donors (Lipinski definition) is 4. The van der Waals surface area contributed by atoms with Crippen molar-refractivity contribution < 1.29 is 24.3 Å². The summed E-state index contributed by atoms with van der Waals surface area (Å²) >= 11 is 0. The van der Waals surface area contributed by atoms with E-state index < -0.39 is 36.0 Å². The Labute approximate surface area is 188 Å². The van der Waals surface area contributed by atoms with Crippen LogP contribution in [0.15, 0.2) is 24.3 Å². The number of carbonyl (C=O) groups is 4. The summed E-state index contributed by atoms with van der Waals surface area (Å²) in [6.07, 6.45) is 0.575. The van der Waals surface area contributed by atoms with Crippen LogP contribution in [0.4, 0.5) is 16.2 Å². The summed E-state index contributed by atoms with van der Waals surface area (Å²) < 4.78 is 0. The fraction of sp³-hybridized carbons (Fsp3) is 0.565. The van der Waals surface area contributed by atoms with Gasteiger partial charge in [0.1, 0.15) is 18.1 Å². The highest BCUT2D eigenvalue weighted by atomic mass is 16.4. The number of aliphatic carboxylic acids is 1. The lowest BCUT2D eigenvalue weighted by molar-refractivity contribution is -0.143. The number of urea groups is 1. The van der Waals surface area contributed by atoms with Crippen molar-refractivity contribution in [2.75, 3.05) is 10.2 Å². The Morgan fingerprint density at radius 3 is 2.22 bits per heavy atom. The zero-order chi connectivity index (χ0) is 24.2. The fourth-order valence-corrected chi connectivity index (χ4v) is 3.76. The van der Waals surface area contributed by atoms with E-state index in [0.717, 1.165) is 0 Å². The molecule has 0 saturated heterocycles. The van der Waals surface area contributed by atoms with Crippen LogP contribution in [0.2, 0.25) is 0 Å². The Morgan fingerprint density at radius 2 is 1.69 bits per heavy atom. The molecule has 0 aliphatic carbocycles. The minimum Gasteiger partial charge on any atom is -0.480 e. The first-order valence-corrected chi connectivity index (χ1v) is 11.0. The number of para-hydroxylation sites is 2. The average molecular weight is 447 g/mol. The Bertz CT molecular complexity index is 870. The third-order valence-electron chi connectivity index (χ3n) is 5.82. The number of carbonyl (C=O) groups excluding carboxylic acids is 3. The molecule has 0 aromatic heterocycles. The summed E-state index contributed by atoms with van der Waals surface area (Å²) in [6.45, 7) is 10.8. The summed E-state index contributed by atoms with van der Waals surface area (Å²) in [7, 11) is 0. The third-order valence-corrected chi connectivity index (χ3v) is 5.82. The quantitative estimate of drug-likeness (QED) is 0.488. The van der Waals surface area contributed by atoms with Crippen LogP contribution in [-0.2, 0) is 14.4 Å². The standard InChI is InChI=1S/C23H34N4O5/c1-7-14(6)18(22(30)31)25-20(28)17(12(2)3)26-23(32)27-16-11-9-8-10-15(16)24-21(29)19(27)13(4)5/h8-14,17-19H,7H2,1-6H3,(H,24,29)(H,25,28)(H,26,32)(H,30,31)/t14-,17+,18-,19-/m0/s1. The molecule has 0 unspecified atom stereocenters. The van der Waals surface area contributed by atoms with Crippen LogP contribution in [0.25, 0.3) is 0 Å². The van der Waals surface area contributed by atoms with Crippen LogP contribution < -0.4 is 20.9 Å². The molecule has 0 fully saturated rings. The molecule has 9 heteroatoms. The predicted molar refractivity (Wildman–Crippen MR) is 122 cm³/mol. The molecule has 9 nitrogen and oxygen atoms in total. The maximum absolute atomic E-state index is 13.4. The molecule has 1 aromatic rings. The third kappa shape index (κ3) is 5.38. The Balaban J connectivity index is 2.32. The van der Waals surface area contributed by atoms with Crippen LogP contribution in [0.5, 0.6) is 0 Å². The summed E-state index contributed by atoms with van der Waals surface area (Å²) in [5.74, 6) is -2.76. The molecule has 0 radical (unpaired) electrons. The van der Waals surface area contributed by atoms with Gasteiger partial charge in [-0.2, -0.15) is 0 Å². The molecule has 1 aromatic carbocycles. The second-order valence-electron chi connectivity index (χ2n) is 8.95. The Morgan fingerprint density at radius 1 is 1.06 bits per heavy atom. The first-order valence-electron chi connectivity index (χ1n) is 11.0. The SMILES string of the molecule is CC[C@H](C)[C@H](NC(=O)[C@H](NC(=O)N1c2ccccc2NC(=O)[C@@H]1C(C)C)C(C)C)C(=O)O.